The van der Waals surface area contributed by atoms with Crippen LogP contribution in [0.5, 0.6) is 0 Å². The quantitative estimate of drug-likeness (QED) is 0.900. The van der Waals surface area contributed by atoms with E-state index in [1.807, 2.05) is 24.0 Å². The number of aryl methyl sites for hydroxylation is 3. The van der Waals surface area contributed by atoms with Crippen molar-refractivity contribution < 1.29 is 0 Å². The summed E-state index contributed by atoms with van der Waals surface area (Å²) in [6, 6.07) is 6.41. The Morgan fingerprint density at radius 1 is 1.33 bits per heavy atom. The molecule has 2 aromatic rings. The molecule has 96 valence electrons. The highest BCUT2D eigenvalue weighted by atomic mass is 15.3. The molecule has 3 nitrogen and oxygen atoms in total. The Hall–Kier alpha value is -1.61. The zero-order valence-electron chi connectivity index (χ0n) is 11.6. The van der Waals surface area contributed by atoms with Crippen LogP contribution in [0.15, 0.2) is 30.6 Å². The minimum atomic E-state index is -0.497. The summed E-state index contributed by atoms with van der Waals surface area (Å²) in [6.07, 6.45) is 3.90. The lowest BCUT2D eigenvalue weighted by Gasteiger charge is -2.26. The first-order valence-electron chi connectivity index (χ1n) is 6.34. The van der Waals surface area contributed by atoms with Gasteiger partial charge in [-0.15, -0.1) is 0 Å². The van der Waals surface area contributed by atoms with E-state index in [0.717, 1.165) is 17.7 Å². The third-order valence-corrected chi connectivity index (χ3v) is 3.51. The van der Waals surface area contributed by atoms with E-state index in [2.05, 4.69) is 44.1 Å². The minimum Gasteiger partial charge on any atom is -0.318 e. The maximum Gasteiger partial charge on any atom is 0.0670 e. The molecule has 1 unspecified atom stereocenters. The summed E-state index contributed by atoms with van der Waals surface area (Å²) in [4.78, 5) is 0. The van der Waals surface area contributed by atoms with Crippen molar-refractivity contribution in [1.29, 1.82) is 0 Å². The summed E-state index contributed by atoms with van der Waals surface area (Å²) in [7, 11) is 0. The molecule has 0 amide bonds. The van der Waals surface area contributed by atoms with Crippen LogP contribution in [0, 0.1) is 13.8 Å². The fourth-order valence-corrected chi connectivity index (χ4v) is 2.26. The van der Waals surface area contributed by atoms with E-state index in [4.69, 9.17) is 5.73 Å². The molecule has 2 rings (SSSR count). The maximum atomic E-state index is 6.54. The van der Waals surface area contributed by atoms with E-state index in [0.29, 0.717) is 0 Å². The van der Waals surface area contributed by atoms with Crippen LogP contribution in [-0.4, -0.2) is 9.78 Å². The first-order chi connectivity index (χ1) is 8.45. The zero-order valence-corrected chi connectivity index (χ0v) is 11.6. The normalized spacial score (nSPS) is 14.5. The van der Waals surface area contributed by atoms with Crippen LogP contribution in [0.2, 0.25) is 0 Å². The summed E-state index contributed by atoms with van der Waals surface area (Å²) < 4.78 is 1.91. The molecule has 0 aliphatic rings. The first kappa shape index (κ1) is 12.8. The van der Waals surface area contributed by atoms with Crippen molar-refractivity contribution in [3.63, 3.8) is 0 Å². The predicted octanol–water partition coefficient (Wildman–Crippen LogP) is 2.74. The van der Waals surface area contributed by atoms with E-state index < -0.39 is 5.54 Å². The molecule has 1 aromatic heterocycles. The van der Waals surface area contributed by atoms with Crippen LogP contribution in [0.1, 0.15) is 36.1 Å². The second-order valence-corrected chi connectivity index (χ2v) is 5.11. The van der Waals surface area contributed by atoms with Gasteiger partial charge in [-0.25, -0.2) is 0 Å². The Morgan fingerprint density at radius 2 is 2.06 bits per heavy atom. The fourth-order valence-electron chi connectivity index (χ4n) is 2.26. The van der Waals surface area contributed by atoms with Crippen LogP contribution in [0.25, 0.3) is 0 Å². The Bertz CT molecular complexity index is 553. The number of nitrogens with two attached hydrogens (primary N) is 1. The average molecular weight is 243 g/mol. The van der Waals surface area contributed by atoms with Gasteiger partial charge in [0.2, 0.25) is 0 Å². The number of hydrogen-bond donors (Lipinski definition) is 1. The lowest BCUT2D eigenvalue weighted by Crippen LogP contribution is -2.34. The summed E-state index contributed by atoms with van der Waals surface area (Å²) in [5.41, 5.74) is 10.7. The van der Waals surface area contributed by atoms with Crippen molar-refractivity contribution in [1.82, 2.24) is 9.78 Å². The first-order valence-corrected chi connectivity index (χ1v) is 6.34. The smallest absolute Gasteiger partial charge is 0.0670 e. The molecule has 3 heteroatoms. The molecule has 0 saturated heterocycles. The summed E-state index contributed by atoms with van der Waals surface area (Å²) >= 11 is 0. The molecule has 0 radical (unpaired) electrons. The number of aromatic nitrogens is 2. The van der Waals surface area contributed by atoms with Gasteiger partial charge >= 0.3 is 0 Å². The molecule has 1 atom stereocenters. The maximum absolute atomic E-state index is 6.54. The van der Waals surface area contributed by atoms with E-state index in [9.17, 15) is 0 Å². The topological polar surface area (TPSA) is 43.8 Å². The Labute approximate surface area is 109 Å². The Kier molecular flexibility index (Phi) is 3.26. The van der Waals surface area contributed by atoms with Crippen molar-refractivity contribution in [2.45, 2.75) is 39.8 Å². The van der Waals surface area contributed by atoms with Crippen LogP contribution in [0.4, 0.5) is 0 Å². The lowest BCUT2D eigenvalue weighted by molar-refractivity contribution is 0.594. The molecule has 0 fully saturated rings. The second kappa shape index (κ2) is 4.58. The molecule has 0 aliphatic heterocycles. The van der Waals surface area contributed by atoms with Crippen LogP contribution >= 0.6 is 0 Å². The van der Waals surface area contributed by atoms with Gasteiger partial charge in [0, 0.05) is 18.3 Å². The van der Waals surface area contributed by atoms with Gasteiger partial charge in [0.25, 0.3) is 0 Å². The largest absolute Gasteiger partial charge is 0.318 e. The molecule has 0 saturated carbocycles. The van der Waals surface area contributed by atoms with Gasteiger partial charge in [0.15, 0.2) is 0 Å². The number of benzene rings is 1. The molecule has 18 heavy (non-hydrogen) atoms. The van der Waals surface area contributed by atoms with E-state index in [1.54, 1.807) is 0 Å². The summed E-state index contributed by atoms with van der Waals surface area (Å²) in [5.74, 6) is 0. The van der Waals surface area contributed by atoms with Gasteiger partial charge in [0.05, 0.1) is 11.7 Å². The molecule has 1 heterocycles. The highest BCUT2D eigenvalue weighted by molar-refractivity contribution is 5.41. The standard InChI is InChI=1S/C15H21N3/c1-5-18-10-13(9-17-18)15(4,16)14-8-11(2)6-7-12(14)3/h6-10H,5,16H2,1-4H3. The van der Waals surface area contributed by atoms with E-state index >= 15 is 0 Å². The SMILES string of the molecule is CCn1cc(C(C)(N)c2cc(C)ccc2C)cn1. The van der Waals surface area contributed by atoms with Gasteiger partial charge in [0.1, 0.15) is 0 Å². The molecule has 1 aromatic carbocycles. The molecule has 2 N–H and O–H groups in total. The van der Waals surface area contributed by atoms with Crippen molar-refractivity contribution in [2.75, 3.05) is 0 Å². The molecular formula is C15H21N3. The molecular weight excluding hydrogens is 222 g/mol. The van der Waals surface area contributed by atoms with Crippen molar-refractivity contribution in [3.8, 4) is 0 Å². The molecule has 0 aliphatic carbocycles. The number of rotatable bonds is 3. The van der Waals surface area contributed by atoms with Crippen molar-refractivity contribution >= 4 is 0 Å². The van der Waals surface area contributed by atoms with Crippen LogP contribution < -0.4 is 5.73 Å². The Morgan fingerprint density at radius 3 is 2.67 bits per heavy atom. The molecule has 0 spiro atoms. The molecule has 0 bridgehead atoms. The average Bonchev–Trinajstić information content (AvgIpc) is 2.81. The van der Waals surface area contributed by atoms with E-state index in [1.165, 1.54) is 11.1 Å². The highest BCUT2D eigenvalue weighted by Crippen LogP contribution is 2.29. The van der Waals surface area contributed by atoms with E-state index in [-0.39, 0.29) is 0 Å². The summed E-state index contributed by atoms with van der Waals surface area (Å²) in [5, 5.41) is 4.32. The van der Waals surface area contributed by atoms with Crippen LogP contribution in [-0.2, 0) is 12.1 Å². The number of nitrogens with zero attached hydrogens (tertiary/aromatic N) is 2. The Balaban J connectivity index is 2.49. The van der Waals surface area contributed by atoms with Crippen molar-refractivity contribution in [2.24, 2.45) is 5.73 Å². The van der Waals surface area contributed by atoms with Gasteiger partial charge in [-0.1, -0.05) is 23.8 Å². The minimum absolute atomic E-state index is 0.497. The third-order valence-electron chi connectivity index (χ3n) is 3.51. The number of hydrogen-bond acceptors (Lipinski definition) is 2. The predicted molar refractivity (Wildman–Crippen MR) is 74.5 cm³/mol. The van der Waals surface area contributed by atoms with Gasteiger partial charge < -0.3 is 5.73 Å². The summed E-state index contributed by atoms with van der Waals surface area (Å²) in [6.45, 7) is 9.18. The van der Waals surface area contributed by atoms with Gasteiger partial charge in [-0.2, -0.15) is 5.10 Å². The second-order valence-electron chi connectivity index (χ2n) is 5.11. The van der Waals surface area contributed by atoms with Crippen LogP contribution in [0.3, 0.4) is 0 Å². The van der Waals surface area contributed by atoms with Gasteiger partial charge in [-0.05, 0) is 38.8 Å². The van der Waals surface area contributed by atoms with Gasteiger partial charge in [-0.3, -0.25) is 4.68 Å². The zero-order chi connectivity index (χ0) is 13.3. The fraction of sp³-hybridized carbons (Fsp3) is 0.400. The monoisotopic (exact) mass is 243 g/mol. The third kappa shape index (κ3) is 2.18. The lowest BCUT2D eigenvalue weighted by atomic mass is 9.84. The highest BCUT2D eigenvalue weighted by Gasteiger charge is 2.27. The van der Waals surface area contributed by atoms with Crippen molar-refractivity contribution in [3.05, 3.63) is 52.8 Å².